The summed E-state index contributed by atoms with van der Waals surface area (Å²) >= 11 is 0. The van der Waals surface area contributed by atoms with Crippen molar-refractivity contribution >= 4 is 11.6 Å². The maximum Gasteiger partial charge on any atom is 0.232 e. The molecule has 5 nitrogen and oxygen atoms in total. The van der Waals surface area contributed by atoms with Gasteiger partial charge in [-0.15, -0.1) is 0 Å². The summed E-state index contributed by atoms with van der Waals surface area (Å²) in [4.78, 5) is 18.0. The molecular weight excluding hydrogens is 376 g/mol. The molecule has 4 rings (SSSR count). The van der Waals surface area contributed by atoms with Crippen LogP contribution in [0.2, 0.25) is 0 Å². The largest absolute Gasteiger partial charge is 0.339 e. The van der Waals surface area contributed by atoms with Crippen molar-refractivity contribution in [1.29, 1.82) is 0 Å². The van der Waals surface area contributed by atoms with Gasteiger partial charge in [0.25, 0.3) is 0 Å². The fourth-order valence-electron chi connectivity index (χ4n) is 3.44. The monoisotopic (exact) mass is 397 g/mol. The fourth-order valence-corrected chi connectivity index (χ4v) is 3.44. The number of carbonyl (C=O) groups excluding carboxylic acids is 1. The number of aromatic nitrogens is 2. The number of hydrogen-bond donors (Lipinski definition) is 0. The lowest BCUT2D eigenvalue weighted by Crippen LogP contribution is -2.25. The zero-order chi connectivity index (χ0) is 20.8. The normalized spacial score (nSPS) is 17.2. The van der Waals surface area contributed by atoms with E-state index < -0.39 is 11.6 Å². The Balaban J connectivity index is 1.54. The van der Waals surface area contributed by atoms with Gasteiger partial charge in [-0.2, -0.15) is 4.98 Å². The molecule has 1 atom stereocenters. The van der Waals surface area contributed by atoms with Crippen molar-refractivity contribution in [2.24, 2.45) is 0 Å². The van der Waals surface area contributed by atoms with Crippen LogP contribution >= 0.6 is 0 Å². The Hall–Kier alpha value is -3.09. The number of rotatable bonds is 3. The summed E-state index contributed by atoms with van der Waals surface area (Å²) < 4.78 is 32.9. The maximum atomic E-state index is 14.1. The van der Waals surface area contributed by atoms with Crippen molar-refractivity contribution in [2.75, 3.05) is 11.4 Å². The van der Waals surface area contributed by atoms with E-state index in [4.69, 9.17) is 4.52 Å². The van der Waals surface area contributed by atoms with Gasteiger partial charge in [0.1, 0.15) is 11.6 Å². The number of hydrogen-bond acceptors (Lipinski definition) is 4. The molecule has 1 amide bonds. The molecule has 0 bridgehead atoms. The van der Waals surface area contributed by atoms with Crippen molar-refractivity contribution in [2.45, 2.75) is 38.5 Å². The molecule has 1 unspecified atom stereocenters. The first kappa shape index (κ1) is 19.2. The standard InChI is InChI=1S/C22H21F2N3O2/c1-22(2,3)15-6-4-13(5-7-15)20-25-21(29-26-20)14-10-19(28)27(12-14)18-11-16(23)8-9-17(18)24/h4-9,11,14H,10,12H2,1-3H3. The molecule has 2 heterocycles. The number of anilines is 1. The molecule has 2 aromatic carbocycles. The van der Waals surface area contributed by atoms with Crippen LogP contribution in [0, 0.1) is 11.6 Å². The Morgan fingerprint density at radius 2 is 1.83 bits per heavy atom. The van der Waals surface area contributed by atoms with Gasteiger partial charge in [0.15, 0.2) is 0 Å². The van der Waals surface area contributed by atoms with E-state index in [1.807, 2.05) is 24.3 Å². The van der Waals surface area contributed by atoms with Crippen molar-refractivity contribution in [3.05, 3.63) is 65.6 Å². The van der Waals surface area contributed by atoms with Crippen molar-refractivity contribution in [3.63, 3.8) is 0 Å². The number of halogens is 2. The maximum absolute atomic E-state index is 14.1. The van der Waals surface area contributed by atoms with E-state index >= 15 is 0 Å². The summed E-state index contributed by atoms with van der Waals surface area (Å²) in [6, 6.07) is 11.0. The van der Waals surface area contributed by atoms with Crippen LogP contribution in [-0.4, -0.2) is 22.6 Å². The molecule has 7 heteroatoms. The third-order valence-electron chi connectivity index (χ3n) is 5.12. The van der Waals surface area contributed by atoms with Crippen molar-refractivity contribution in [3.8, 4) is 11.4 Å². The van der Waals surface area contributed by atoms with E-state index in [9.17, 15) is 13.6 Å². The number of amides is 1. The van der Waals surface area contributed by atoms with Gasteiger partial charge >= 0.3 is 0 Å². The molecule has 0 aliphatic carbocycles. The highest BCUT2D eigenvalue weighted by Crippen LogP contribution is 2.33. The van der Waals surface area contributed by atoms with E-state index in [0.29, 0.717) is 11.7 Å². The molecule has 1 aromatic heterocycles. The highest BCUT2D eigenvalue weighted by atomic mass is 19.1. The van der Waals surface area contributed by atoms with Crippen molar-refractivity contribution < 1.29 is 18.1 Å². The SMILES string of the molecule is CC(C)(C)c1ccc(-c2noc(C3CC(=O)N(c4cc(F)ccc4F)C3)n2)cc1. The zero-order valence-corrected chi connectivity index (χ0v) is 16.4. The Morgan fingerprint density at radius 3 is 2.52 bits per heavy atom. The first-order valence-electron chi connectivity index (χ1n) is 9.42. The van der Waals surface area contributed by atoms with Gasteiger partial charge < -0.3 is 9.42 Å². The van der Waals surface area contributed by atoms with Crippen LogP contribution in [0.4, 0.5) is 14.5 Å². The van der Waals surface area contributed by atoms with Crippen LogP contribution in [0.1, 0.15) is 44.6 Å². The number of carbonyl (C=O) groups is 1. The summed E-state index contributed by atoms with van der Waals surface area (Å²) in [6.45, 7) is 6.57. The Morgan fingerprint density at radius 1 is 1.10 bits per heavy atom. The average Bonchev–Trinajstić information content (AvgIpc) is 3.30. The van der Waals surface area contributed by atoms with E-state index in [-0.39, 0.29) is 35.9 Å². The highest BCUT2D eigenvalue weighted by molar-refractivity contribution is 5.96. The molecule has 0 N–H and O–H groups in total. The minimum atomic E-state index is -0.648. The minimum Gasteiger partial charge on any atom is -0.339 e. The van der Waals surface area contributed by atoms with E-state index in [0.717, 1.165) is 23.8 Å². The van der Waals surface area contributed by atoms with E-state index in [2.05, 4.69) is 30.9 Å². The van der Waals surface area contributed by atoms with Gasteiger partial charge in [-0.25, -0.2) is 8.78 Å². The molecule has 0 spiro atoms. The molecule has 29 heavy (non-hydrogen) atoms. The third-order valence-corrected chi connectivity index (χ3v) is 5.12. The van der Waals surface area contributed by atoms with Gasteiger partial charge in [-0.05, 0) is 23.1 Å². The first-order valence-corrected chi connectivity index (χ1v) is 9.42. The molecule has 1 aliphatic rings. The van der Waals surface area contributed by atoms with Gasteiger partial charge in [0.2, 0.25) is 17.6 Å². The van der Waals surface area contributed by atoms with E-state index in [1.54, 1.807) is 0 Å². The van der Waals surface area contributed by atoms with Gasteiger partial charge in [-0.3, -0.25) is 4.79 Å². The third kappa shape index (κ3) is 3.77. The quantitative estimate of drug-likeness (QED) is 0.635. The highest BCUT2D eigenvalue weighted by Gasteiger charge is 2.36. The predicted octanol–water partition coefficient (Wildman–Crippen LogP) is 4.83. The summed E-state index contributed by atoms with van der Waals surface area (Å²) in [7, 11) is 0. The molecule has 150 valence electrons. The second-order valence-electron chi connectivity index (χ2n) is 8.28. The van der Waals surface area contributed by atoms with Crippen LogP contribution in [-0.2, 0) is 10.2 Å². The van der Waals surface area contributed by atoms with Crippen LogP contribution in [0.25, 0.3) is 11.4 Å². The lowest BCUT2D eigenvalue weighted by molar-refractivity contribution is -0.117. The average molecular weight is 397 g/mol. The summed E-state index contributed by atoms with van der Waals surface area (Å²) in [5, 5.41) is 4.03. The van der Waals surface area contributed by atoms with Crippen LogP contribution in [0.5, 0.6) is 0 Å². The van der Waals surface area contributed by atoms with Crippen molar-refractivity contribution in [1.82, 2.24) is 10.1 Å². The van der Waals surface area contributed by atoms with Gasteiger partial charge in [0.05, 0.1) is 11.6 Å². The number of nitrogens with zero attached hydrogens (tertiary/aromatic N) is 3. The second-order valence-corrected chi connectivity index (χ2v) is 8.28. The molecule has 0 radical (unpaired) electrons. The van der Waals surface area contributed by atoms with E-state index in [1.165, 1.54) is 10.5 Å². The van der Waals surface area contributed by atoms with Gasteiger partial charge in [-0.1, -0.05) is 50.2 Å². The molecule has 0 saturated carbocycles. The number of benzene rings is 2. The second kappa shape index (κ2) is 7.06. The van der Waals surface area contributed by atoms with Crippen LogP contribution in [0.3, 0.4) is 0 Å². The summed E-state index contributed by atoms with van der Waals surface area (Å²) in [5.74, 6) is -1.19. The molecule has 1 saturated heterocycles. The molecule has 1 fully saturated rings. The molecule has 3 aromatic rings. The zero-order valence-electron chi connectivity index (χ0n) is 16.4. The minimum absolute atomic E-state index is 0.0425. The summed E-state index contributed by atoms with van der Waals surface area (Å²) in [6.07, 6.45) is 0.0978. The fraction of sp³-hybridized carbons (Fsp3) is 0.318. The first-order chi connectivity index (χ1) is 13.7. The Kier molecular flexibility index (Phi) is 4.68. The van der Waals surface area contributed by atoms with Gasteiger partial charge in [0, 0.05) is 24.6 Å². The lowest BCUT2D eigenvalue weighted by Gasteiger charge is -2.18. The molecular formula is C22H21F2N3O2. The van der Waals surface area contributed by atoms with Crippen LogP contribution in [0.15, 0.2) is 47.0 Å². The Bertz CT molecular complexity index is 1050. The molecule has 1 aliphatic heterocycles. The van der Waals surface area contributed by atoms with Crippen LogP contribution < -0.4 is 4.90 Å². The smallest absolute Gasteiger partial charge is 0.232 e. The predicted molar refractivity (Wildman–Crippen MR) is 105 cm³/mol. The summed E-state index contributed by atoms with van der Waals surface area (Å²) in [5.41, 5.74) is 1.97. The lowest BCUT2D eigenvalue weighted by atomic mass is 9.87. The topological polar surface area (TPSA) is 59.2 Å². The Labute approximate surface area is 167 Å².